The van der Waals surface area contributed by atoms with Crippen molar-refractivity contribution in [1.82, 2.24) is 5.32 Å². The van der Waals surface area contributed by atoms with E-state index in [1.54, 1.807) is 0 Å². The lowest BCUT2D eigenvalue weighted by atomic mass is 10.1. The third-order valence-electron chi connectivity index (χ3n) is 2.70. The van der Waals surface area contributed by atoms with E-state index in [1.807, 2.05) is 6.92 Å². The van der Waals surface area contributed by atoms with Gasteiger partial charge in [-0.25, -0.2) is 0 Å². The number of unbranched alkanes of at least 4 members (excludes halogenated alkanes) is 4. The molecule has 16 heavy (non-hydrogen) atoms. The molecule has 1 amide bonds. The first kappa shape index (κ1) is 15.0. The number of carbonyl (C=O) groups excluding carboxylic acids is 1. The summed E-state index contributed by atoms with van der Waals surface area (Å²) in [5.41, 5.74) is 0. The van der Waals surface area contributed by atoms with Gasteiger partial charge in [-0.2, -0.15) is 5.26 Å². The molecule has 92 valence electrons. The molecule has 0 fully saturated rings. The fraction of sp³-hybridized carbons (Fsp3) is 0.846. The van der Waals surface area contributed by atoms with E-state index >= 15 is 0 Å². The van der Waals surface area contributed by atoms with Crippen molar-refractivity contribution in [3.05, 3.63) is 0 Å². The summed E-state index contributed by atoms with van der Waals surface area (Å²) in [7, 11) is 0. The van der Waals surface area contributed by atoms with Gasteiger partial charge in [-0.1, -0.05) is 39.5 Å². The maximum atomic E-state index is 11.5. The van der Waals surface area contributed by atoms with Crippen LogP contribution in [0.1, 0.15) is 65.2 Å². The van der Waals surface area contributed by atoms with Gasteiger partial charge in [0.1, 0.15) is 0 Å². The van der Waals surface area contributed by atoms with Crippen LogP contribution < -0.4 is 5.32 Å². The number of nitrogens with one attached hydrogen (secondary N) is 1. The first-order chi connectivity index (χ1) is 7.74. The molecule has 1 N–H and O–H groups in total. The maximum Gasteiger partial charge on any atom is 0.220 e. The average Bonchev–Trinajstić information content (AvgIpc) is 2.28. The van der Waals surface area contributed by atoms with E-state index in [1.165, 1.54) is 19.3 Å². The SMILES string of the molecule is CCCCCCCC(=O)NC(CC)CC#N. The average molecular weight is 224 g/mol. The van der Waals surface area contributed by atoms with E-state index in [0.717, 1.165) is 19.3 Å². The van der Waals surface area contributed by atoms with Crippen LogP contribution in [0.2, 0.25) is 0 Å². The van der Waals surface area contributed by atoms with Crippen LogP contribution in [0.25, 0.3) is 0 Å². The summed E-state index contributed by atoms with van der Waals surface area (Å²) in [4.78, 5) is 11.5. The second-order valence-electron chi connectivity index (χ2n) is 4.20. The van der Waals surface area contributed by atoms with Gasteiger partial charge in [0.15, 0.2) is 0 Å². The van der Waals surface area contributed by atoms with Gasteiger partial charge >= 0.3 is 0 Å². The molecule has 0 aromatic heterocycles. The minimum absolute atomic E-state index is 0.0353. The molecule has 0 radical (unpaired) electrons. The molecule has 0 bridgehead atoms. The maximum absolute atomic E-state index is 11.5. The fourth-order valence-electron chi connectivity index (χ4n) is 1.60. The Bertz CT molecular complexity index is 220. The van der Waals surface area contributed by atoms with Crippen molar-refractivity contribution < 1.29 is 4.79 Å². The van der Waals surface area contributed by atoms with Gasteiger partial charge in [-0.15, -0.1) is 0 Å². The van der Waals surface area contributed by atoms with Crippen molar-refractivity contribution in [2.75, 3.05) is 0 Å². The van der Waals surface area contributed by atoms with E-state index < -0.39 is 0 Å². The van der Waals surface area contributed by atoms with Crippen molar-refractivity contribution in [2.24, 2.45) is 0 Å². The van der Waals surface area contributed by atoms with Gasteiger partial charge in [0.2, 0.25) is 5.91 Å². The minimum Gasteiger partial charge on any atom is -0.352 e. The number of nitrogens with zero attached hydrogens (tertiary/aromatic N) is 1. The second-order valence-corrected chi connectivity index (χ2v) is 4.20. The molecule has 0 aromatic rings. The van der Waals surface area contributed by atoms with Crippen LogP contribution in [0.5, 0.6) is 0 Å². The Labute approximate surface area is 99.2 Å². The second kappa shape index (κ2) is 10.5. The molecule has 1 atom stereocenters. The third kappa shape index (κ3) is 8.28. The van der Waals surface area contributed by atoms with Crippen LogP contribution in [-0.2, 0) is 4.79 Å². The van der Waals surface area contributed by atoms with Crippen LogP contribution in [0.4, 0.5) is 0 Å². The highest BCUT2D eigenvalue weighted by atomic mass is 16.1. The summed E-state index contributed by atoms with van der Waals surface area (Å²) in [5, 5.41) is 11.4. The van der Waals surface area contributed by atoms with E-state index in [9.17, 15) is 4.79 Å². The van der Waals surface area contributed by atoms with E-state index in [-0.39, 0.29) is 11.9 Å². The zero-order valence-electron chi connectivity index (χ0n) is 10.6. The quantitative estimate of drug-likeness (QED) is 0.612. The molecule has 0 spiro atoms. The largest absolute Gasteiger partial charge is 0.352 e. The monoisotopic (exact) mass is 224 g/mol. The van der Waals surface area contributed by atoms with Gasteiger partial charge in [-0.05, 0) is 12.8 Å². The van der Waals surface area contributed by atoms with Crippen LogP contribution in [0.15, 0.2) is 0 Å². The summed E-state index contributed by atoms with van der Waals surface area (Å²) in [6.07, 6.45) is 7.66. The summed E-state index contributed by atoms with van der Waals surface area (Å²) >= 11 is 0. The molecule has 0 aliphatic heterocycles. The molecule has 3 heteroatoms. The fourth-order valence-corrected chi connectivity index (χ4v) is 1.60. The Morgan fingerprint density at radius 2 is 1.94 bits per heavy atom. The van der Waals surface area contributed by atoms with Crippen LogP contribution in [0, 0.1) is 11.3 Å². The smallest absolute Gasteiger partial charge is 0.220 e. The normalized spacial score (nSPS) is 11.8. The van der Waals surface area contributed by atoms with Gasteiger partial charge in [0, 0.05) is 12.5 Å². The molecule has 0 aliphatic carbocycles. The molecular formula is C13H24N2O. The molecule has 3 nitrogen and oxygen atoms in total. The van der Waals surface area contributed by atoms with Crippen molar-refractivity contribution in [3.8, 4) is 6.07 Å². The first-order valence-corrected chi connectivity index (χ1v) is 6.40. The third-order valence-corrected chi connectivity index (χ3v) is 2.70. The van der Waals surface area contributed by atoms with E-state index in [0.29, 0.717) is 12.8 Å². The summed E-state index contributed by atoms with van der Waals surface area (Å²) in [5.74, 6) is 0.0959. The molecule has 0 saturated carbocycles. The summed E-state index contributed by atoms with van der Waals surface area (Å²) < 4.78 is 0. The lowest BCUT2D eigenvalue weighted by molar-refractivity contribution is -0.121. The van der Waals surface area contributed by atoms with Gasteiger partial charge in [-0.3, -0.25) is 4.79 Å². The van der Waals surface area contributed by atoms with Crippen LogP contribution >= 0.6 is 0 Å². The van der Waals surface area contributed by atoms with Crippen LogP contribution in [0.3, 0.4) is 0 Å². The topological polar surface area (TPSA) is 52.9 Å². The molecule has 0 heterocycles. The molecule has 0 saturated heterocycles. The Morgan fingerprint density at radius 3 is 2.50 bits per heavy atom. The van der Waals surface area contributed by atoms with Crippen molar-refractivity contribution in [2.45, 2.75) is 71.3 Å². The Kier molecular flexibility index (Phi) is 9.80. The predicted octanol–water partition coefficient (Wildman–Crippen LogP) is 3.16. The Hall–Kier alpha value is -1.04. The van der Waals surface area contributed by atoms with Gasteiger partial charge < -0.3 is 5.32 Å². The molecular weight excluding hydrogens is 200 g/mol. The number of hydrogen-bond acceptors (Lipinski definition) is 2. The van der Waals surface area contributed by atoms with E-state index in [4.69, 9.17) is 5.26 Å². The molecule has 1 unspecified atom stereocenters. The number of nitriles is 1. The minimum atomic E-state index is 0.0353. The highest BCUT2D eigenvalue weighted by molar-refractivity contribution is 5.76. The zero-order valence-corrected chi connectivity index (χ0v) is 10.6. The number of amides is 1. The molecule has 0 aromatic carbocycles. The predicted molar refractivity (Wildman–Crippen MR) is 65.8 cm³/mol. The van der Waals surface area contributed by atoms with Crippen LogP contribution in [-0.4, -0.2) is 11.9 Å². The highest BCUT2D eigenvalue weighted by Gasteiger charge is 2.08. The molecule has 0 aliphatic rings. The zero-order chi connectivity index (χ0) is 12.2. The standard InChI is InChI=1S/C13H24N2O/c1-3-5-6-7-8-9-13(16)15-12(4-2)10-11-14/h12H,3-10H2,1-2H3,(H,15,16). The van der Waals surface area contributed by atoms with Crippen molar-refractivity contribution in [1.29, 1.82) is 5.26 Å². The number of rotatable bonds is 9. The molecule has 0 rings (SSSR count). The van der Waals surface area contributed by atoms with E-state index in [2.05, 4.69) is 18.3 Å². The summed E-state index contributed by atoms with van der Waals surface area (Å²) in [6.45, 7) is 4.17. The Balaban J connectivity index is 3.53. The first-order valence-electron chi connectivity index (χ1n) is 6.40. The van der Waals surface area contributed by atoms with Crippen molar-refractivity contribution in [3.63, 3.8) is 0 Å². The lowest BCUT2D eigenvalue weighted by Crippen LogP contribution is -2.33. The van der Waals surface area contributed by atoms with Crippen molar-refractivity contribution >= 4 is 5.91 Å². The number of carbonyl (C=O) groups is 1. The Morgan fingerprint density at radius 1 is 1.25 bits per heavy atom. The van der Waals surface area contributed by atoms with Gasteiger partial charge in [0.25, 0.3) is 0 Å². The van der Waals surface area contributed by atoms with Gasteiger partial charge in [0.05, 0.1) is 12.5 Å². The lowest BCUT2D eigenvalue weighted by Gasteiger charge is -2.13. The highest BCUT2D eigenvalue weighted by Crippen LogP contribution is 2.05. The summed E-state index contributed by atoms with van der Waals surface area (Å²) in [6, 6.07) is 2.13. The number of hydrogen-bond donors (Lipinski definition) is 1.